The average molecular weight is 310 g/mol. The number of carbonyl (C=O) groups is 2. The Balaban J connectivity index is 2.25. The van der Waals surface area contributed by atoms with Crippen LogP contribution in [-0.4, -0.2) is 16.9 Å². The molecular weight excluding hydrogens is 296 g/mol. The predicted molar refractivity (Wildman–Crippen MR) is 86.2 cm³/mol. The molecule has 0 aliphatic heterocycles. The van der Waals surface area contributed by atoms with Crippen LogP contribution in [0.25, 0.3) is 21.9 Å². The monoisotopic (exact) mass is 310 g/mol. The Morgan fingerprint density at radius 3 is 2.43 bits per heavy atom. The fourth-order valence-electron chi connectivity index (χ4n) is 2.53. The molecule has 0 unspecified atom stereocenters. The Morgan fingerprint density at radius 2 is 1.74 bits per heavy atom. The maximum absolute atomic E-state index is 12.5. The van der Waals surface area contributed by atoms with Gasteiger partial charge in [0, 0.05) is 12.0 Å². The van der Waals surface area contributed by atoms with Crippen LogP contribution in [0.4, 0.5) is 0 Å². The van der Waals surface area contributed by atoms with E-state index in [4.69, 9.17) is 9.52 Å². The number of ketones is 1. The minimum Gasteiger partial charge on any atom is -0.478 e. The number of carboxylic acid groups (broad SMARTS) is 1. The van der Waals surface area contributed by atoms with Crippen molar-refractivity contribution in [1.29, 1.82) is 0 Å². The summed E-state index contributed by atoms with van der Waals surface area (Å²) in [5.74, 6) is -1.11. The van der Waals surface area contributed by atoms with Crippen LogP contribution in [-0.2, 0) is 0 Å². The zero-order valence-corrected chi connectivity index (χ0v) is 12.5. The molecule has 0 fully saturated rings. The molecule has 3 aromatic rings. The SMILES string of the molecule is CCCC(=O)c1ccc2c(=O)c3cc(C(=O)O)ccc3oc2c1. The lowest BCUT2D eigenvalue weighted by molar-refractivity contribution is 0.0696. The molecule has 5 heteroatoms. The second-order valence-corrected chi connectivity index (χ2v) is 5.33. The van der Waals surface area contributed by atoms with Crippen molar-refractivity contribution in [3.63, 3.8) is 0 Å². The number of aromatic carboxylic acids is 1. The smallest absolute Gasteiger partial charge is 0.335 e. The van der Waals surface area contributed by atoms with E-state index in [0.717, 1.165) is 6.42 Å². The van der Waals surface area contributed by atoms with Gasteiger partial charge in [-0.3, -0.25) is 9.59 Å². The fraction of sp³-hybridized carbons (Fsp3) is 0.167. The largest absolute Gasteiger partial charge is 0.478 e. The van der Waals surface area contributed by atoms with Crippen molar-refractivity contribution in [1.82, 2.24) is 0 Å². The van der Waals surface area contributed by atoms with Gasteiger partial charge in [-0.1, -0.05) is 13.0 Å². The van der Waals surface area contributed by atoms with Gasteiger partial charge in [0.15, 0.2) is 5.78 Å². The highest BCUT2D eigenvalue weighted by molar-refractivity contribution is 6.01. The first-order valence-corrected chi connectivity index (χ1v) is 7.28. The Kier molecular flexibility index (Phi) is 3.70. The fourth-order valence-corrected chi connectivity index (χ4v) is 2.53. The molecule has 0 radical (unpaired) electrons. The lowest BCUT2D eigenvalue weighted by Gasteiger charge is -2.04. The zero-order valence-electron chi connectivity index (χ0n) is 12.5. The molecule has 0 atom stereocenters. The summed E-state index contributed by atoms with van der Waals surface area (Å²) in [6, 6.07) is 8.87. The van der Waals surface area contributed by atoms with Gasteiger partial charge in [0.1, 0.15) is 11.2 Å². The molecule has 0 bridgehead atoms. The van der Waals surface area contributed by atoms with E-state index in [1.54, 1.807) is 18.2 Å². The zero-order chi connectivity index (χ0) is 16.6. The van der Waals surface area contributed by atoms with Crippen LogP contribution in [0.3, 0.4) is 0 Å². The van der Waals surface area contributed by atoms with E-state index in [1.165, 1.54) is 18.2 Å². The van der Waals surface area contributed by atoms with Gasteiger partial charge in [-0.25, -0.2) is 4.79 Å². The van der Waals surface area contributed by atoms with Crippen LogP contribution >= 0.6 is 0 Å². The van der Waals surface area contributed by atoms with Crippen molar-refractivity contribution in [3.05, 3.63) is 57.7 Å². The standard InChI is InChI=1S/C18H14O5/c1-2-3-14(19)10-4-6-12-16(9-10)23-15-7-5-11(18(21)22)8-13(15)17(12)20/h4-9H,2-3H2,1H3,(H,21,22). The highest BCUT2D eigenvalue weighted by Crippen LogP contribution is 2.21. The van der Waals surface area contributed by atoms with Crippen LogP contribution in [0.5, 0.6) is 0 Å². The topological polar surface area (TPSA) is 84.6 Å². The second kappa shape index (κ2) is 5.68. The summed E-state index contributed by atoms with van der Waals surface area (Å²) in [4.78, 5) is 35.5. The summed E-state index contributed by atoms with van der Waals surface area (Å²) in [5.41, 5.74) is 0.849. The molecule has 1 heterocycles. The first kappa shape index (κ1) is 15.0. The van der Waals surface area contributed by atoms with Crippen LogP contribution in [0, 0.1) is 0 Å². The van der Waals surface area contributed by atoms with E-state index >= 15 is 0 Å². The van der Waals surface area contributed by atoms with Gasteiger partial charge in [0.2, 0.25) is 5.43 Å². The van der Waals surface area contributed by atoms with Crippen LogP contribution in [0.15, 0.2) is 45.6 Å². The Hall–Kier alpha value is -2.95. The van der Waals surface area contributed by atoms with Crippen molar-refractivity contribution in [2.45, 2.75) is 19.8 Å². The van der Waals surface area contributed by atoms with Crippen molar-refractivity contribution in [2.75, 3.05) is 0 Å². The molecule has 1 N–H and O–H groups in total. The summed E-state index contributed by atoms with van der Waals surface area (Å²) in [6.07, 6.45) is 1.18. The van der Waals surface area contributed by atoms with Crippen LogP contribution in [0.1, 0.15) is 40.5 Å². The molecule has 3 rings (SSSR count). The minimum atomic E-state index is -1.10. The second-order valence-electron chi connectivity index (χ2n) is 5.33. The van der Waals surface area contributed by atoms with E-state index < -0.39 is 5.97 Å². The van der Waals surface area contributed by atoms with Crippen molar-refractivity contribution in [2.24, 2.45) is 0 Å². The third-order valence-corrected chi connectivity index (χ3v) is 3.72. The first-order valence-electron chi connectivity index (χ1n) is 7.28. The molecule has 5 nitrogen and oxygen atoms in total. The molecule has 0 spiro atoms. The maximum atomic E-state index is 12.5. The van der Waals surface area contributed by atoms with E-state index in [0.29, 0.717) is 28.5 Å². The molecule has 0 saturated carbocycles. The number of benzene rings is 2. The van der Waals surface area contributed by atoms with Crippen molar-refractivity contribution in [3.8, 4) is 0 Å². The molecule has 0 aliphatic rings. The normalized spacial score (nSPS) is 11.0. The Morgan fingerprint density at radius 1 is 1.00 bits per heavy atom. The molecule has 0 saturated heterocycles. The molecule has 2 aromatic carbocycles. The minimum absolute atomic E-state index is 0.00151. The number of carbonyl (C=O) groups excluding carboxylic acids is 1. The van der Waals surface area contributed by atoms with Crippen molar-refractivity contribution >= 4 is 33.7 Å². The Bertz CT molecular complexity index is 997. The number of hydrogen-bond acceptors (Lipinski definition) is 4. The molecule has 1 aromatic heterocycles. The lowest BCUT2D eigenvalue weighted by atomic mass is 10.0. The summed E-state index contributed by atoms with van der Waals surface area (Å²) >= 11 is 0. The highest BCUT2D eigenvalue weighted by atomic mass is 16.4. The van der Waals surface area contributed by atoms with Crippen molar-refractivity contribution < 1.29 is 19.1 Å². The van der Waals surface area contributed by atoms with Gasteiger partial charge in [-0.05, 0) is 36.8 Å². The molecule has 0 aliphatic carbocycles. The van der Waals surface area contributed by atoms with Gasteiger partial charge < -0.3 is 9.52 Å². The summed E-state index contributed by atoms with van der Waals surface area (Å²) in [6.45, 7) is 1.92. The molecule has 116 valence electrons. The number of hydrogen-bond donors (Lipinski definition) is 1. The van der Waals surface area contributed by atoms with Gasteiger partial charge in [-0.15, -0.1) is 0 Å². The van der Waals surface area contributed by atoms with Gasteiger partial charge in [-0.2, -0.15) is 0 Å². The van der Waals surface area contributed by atoms with Gasteiger partial charge in [0.05, 0.1) is 16.3 Å². The maximum Gasteiger partial charge on any atom is 0.335 e. The summed E-state index contributed by atoms with van der Waals surface area (Å²) < 4.78 is 5.69. The van der Waals surface area contributed by atoms with E-state index in [1.807, 2.05) is 6.92 Å². The Labute approximate surface area is 131 Å². The number of rotatable bonds is 4. The molecule has 0 amide bonds. The number of fused-ring (bicyclic) bond motifs is 2. The van der Waals surface area contributed by atoms with E-state index in [2.05, 4.69) is 0 Å². The highest BCUT2D eigenvalue weighted by Gasteiger charge is 2.13. The van der Waals surface area contributed by atoms with Crippen LogP contribution < -0.4 is 5.43 Å². The number of Topliss-reactive ketones (excluding diaryl/α,β-unsaturated/α-hetero) is 1. The van der Waals surface area contributed by atoms with Gasteiger partial charge >= 0.3 is 5.97 Å². The summed E-state index contributed by atoms with van der Waals surface area (Å²) in [7, 11) is 0. The van der Waals surface area contributed by atoms with Crippen LogP contribution in [0.2, 0.25) is 0 Å². The quantitative estimate of drug-likeness (QED) is 0.587. The molecule has 23 heavy (non-hydrogen) atoms. The lowest BCUT2D eigenvalue weighted by Crippen LogP contribution is -2.06. The van der Waals surface area contributed by atoms with E-state index in [9.17, 15) is 14.4 Å². The summed E-state index contributed by atoms with van der Waals surface area (Å²) in [5, 5.41) is 9.57. The average Bonchev–Trinajstić information content (AvgIpc) is 2.54. The number of carboxylic acids is 1. The van der Waals surface area contributed by atoms with Gasteiger partial charge in [0.25, 0.3) is 0 Å². The van der Waals surface area contributed by atoms with E-state index in [-0.39, 0.29) is 22.2 Å². The first-order chi connectivity index (χ1) is 11.0. The predicted octanol–water partition coefficient (Wildman–Crippen LogP) is 3.63. The third-order valence-electron chi connectivity index (χ3n) is 3.72. The molecular formula is C18H14O5. The third kappa shape index (κ3) is 2.61.